The Hall–Kier alpha value is -2.05. The number of nitrogens with zero attached hydrogens (tertiary/aromatic N) is 1. The normalized spacial score (nSPS) is 15.5. The van der Waals surface area contributed by atoms with E-state index in [9.17, 15) is 13.2 Å². The average Bonchev–Trinajstić information content (AvgIpc) is 3.11. The van der Waals surface area contributed by atoms with E-state index in [-0.39, 0.29) is 11.9 Å². The number of nitrogens with one attached hydrogen (secondary N) is 1. The van der Waals surface area contributed by atoms with E-state index in [2.05, 4.69) is 17.4 Å². The lowest BCUT2D eigenvalue weighted by Gasteiger charge is -2.30. The largest absolute Gasteiger partial charge is 0.348 e. The molecule has 0 aliphatic heterocycles. The maximum Gasteiger partial charge on any atom is 0.244 e. The lowest BCUT2D eigenvalue weighted by molar-refractivity contribution is -0.122. The second kappa shape index (κ2) is 8.36. The molecule has 2 aromatic rings. The molecule has 0 saturated heterocycles. The van der Waals surface area contributed by atoms with Gasteiger partial charge in [0.1, 0.15) is 6.04 Å². The summed E-state index contributed by atoms with van der Waals surface area (Å²) >= 11 is 6.08. The fraction of sp³-hybridized carbons (Fsp3) is 0.409. The van der Waals surface area contributed by atoms with Gasteiger partial charge >= 0.3 is 0 Å². The van der Waals surface area contributed by atoms with Gasteiger partial charge in [-0.3, -0.25) is 9.10 Å². The van der Waals surface area contributed by atoms with Crippen molar-refractivity contribution in [3.63, 3.8) is 0 Å². The van der Waals surface area contributed by atoms with Crippen molar-refractivity contribution in [2.45, 2.75) is 52.1 Å². The van der Waals surface area contributed by atoms with Gasteiger partial charge in [0.05, 0.1) is 18.0 Å². The Morgan fingerprint density at radius 1 is 1.10 bits per heavy atom. The van der Waals surface area contributed by atoms with Crippen molar-refractivity contribution in [1.82, 2.24) is 5.32 Å². The predicted molar refractivity (Wildman–Crippen MR) is 118 cm³/mol. The van der Waals surface area contributed by atoms with Gasteiger partial charge in [0.15, 0.2) is 0 Å². The van der Waals surface area contributed by atoms with Crippen molar-refractivity contribution >= 4 is 33.2 Å². The lowest BCUT2D eigenvalue weighted by Crippen LogP contribution is -2.48. The van der Waals surface area contributed by atoms with Crippen molar-refractivity contribution in [2.75, 3.05) is 10.6 Å². The van der Waals surface area contributed by atoms with Crippen LogP contribution in [0.2, 0.25) is 5.02 Å². The van der Waals surface area contributed by atoms with Crippen molar-refractivity contribution in [2.24, 2.45) is 0 Å². The van der Waals surface area contributed by atoms with Crippen LogP contribution in [0.4, 0.5) is 5.69 Å². The SMILES string of the molecule is Cc1ccc(Cl)cc1N([C@H](C)C(=O)N[C@H](C)c1ccc2c(c1)CCC2)S(C)(=O)=O. The van der Waals surface area contributed by atoms with Crippen molar-refractivity contribution in [3.05, 3.63) is 63.7 Å². The molecule has 0 unspecified atom stereocenters. The van der Waals surface area contributed by atoms with Gasteiger partial charge in [0.25, 0.3) is 0 Å². The van der Waals surface area contributed by atoms with Crippen LogP contribution < -0.4 is 9.62 Å². The molecule has 2 atom stereocenters. The standard InChI is InChI=1S/C22H27ClN2O3S/c1-14-8-11-20(23)13-21(14)25(29(4,27)28)16(3)22(26)24-15(2)18-10-9-17-6-5-7-19(17)12-18/h8-13,15-16H,5-7H2,1-4H3,(H,24,26)/t15-,16-/m1/s1. The quantitative estimate of drug-likeness (QED) is 0.741. The lowest BCUT2D eigenvalue weighted by atomic mass is 10.0. The van der Waals surface area contributed by atoms with Crippen LogP contribution in [-0.2, 0) is 27.7 Å². The van der Waals surface area contributed by atoms with Crippen molar-refractivity contribution in [3.8, 4) is 0 Å². The van der Waals surface area contributed by atoms with E-state index >= 15 is 0 Å². The molecule has 1 N–H and O–H groups in total. The van der Waals surface area contributed by atoms with Crippen molar-refractivity contribution in [1.29, 1.82) is 0 Å². The summed E-state index contributed by atoms with van der Waals surface area (Å²) in [5.74, 6) is -0.359. The van der Waals surface area contributed by atoms with Gasteiger partial charge in [-0.1, -0.05) is 35.9 Å². The van der Waals surface area contributed by atoms with Crippen LogP contribution in [0.15, 0.2) is 36.4 Å². The Morgan fingerprint density at radius 3 is 2.48 bits per heavy atom. The molecule has 1 amide bonds. The second-order valence-electron chi connectivity index (χ2n) is 7.78. The van der Waals surface area contributed by atoms with E-state index in [1.807, 2.05) is 13.0 Å². The third-order valence-electron chi connectivity index (χ3n) is 5.48. The second-order valence-corrected chi connectivity index (χ2v) is 10.1. The third-order valence-corrected chi connectivity index (χ3v) is 6.94. The van der Waals surface area contributed by atoms with E-state index in [1.54, 1.807) is 32.0 Å². The highest BCUT2D eigenvalue weighted by Gasteiger charge is 2.31. The van der Waals surface area contributed by atoms with E-state index in [1.165, 1.54) is 17.5 Å². The zero-order chi connectivity index (χ0) is 21.3. The topological polar surface area (TPSA) is 66.5 Å². The molecule has 3 rings (SSSR count). The summed E-state index contributed by atoms with van der Waals surface area (Å²) in [7, 11) is -3.70. The first kappa shape index (κ1) is 21.7. The monoisotopic (exact) mass is 434 g/mol. The Bertz CT molecular complexity index is 1040. The third kappa shape index (κ3) is 4.75. The molecule has 1 aliphatic rings. The smallest absolute Gasteiger partial charge is 0.244 e. The fourth-order valence-electron chi connectivity index (χ4n) is 3.88. The molecular weight excluding hydrogens is 408 g/mol. The molecule has 29 heavy (non-hydrogen) atoms. The number of carbonyl (C=O) groups excluding carboxylic acids is 1. The number of sulfonamides is 1. The van der Waals surface area contributed by atoms with E-state index in [0.29, 0.717) is 10.7 Å². The maximum atomic E-state index is 13.0. The van der Waals surface area contributed by atoms with Gasteiger partial charge in [0.2, 0.25) is 15.9 Å². The van der Waals surface area contributed by atoms with Crippen LogP contribution >= 0.6 is 11.6 Å². The van der Waals surface area contributed by atoms with Crippen LogP contribution in [0, 0.1) is 6.92 Å². The zero-order valence-electron chi connectivity index (χ0n) is 17.2. The summed E-state index contributed by atoms with van der Waals surface area (Å²) in [6.07, 6.45) is 4.44. The first-order valence-corrected chi connectivity index (χ1v) is 12.0. The number of amides is 1. The summed E-state index contributed by atoms with van der Waals surface area (Å²) in [4.78, 5) is 13.0. The first-order valence-electron chi connectivity index (χ1n) is 9.75. The molecule has 1 aliphatic carbocycles. The number of carbonyl (C=O) groups is 1. The molecule has 0 saturated carbocycles. The summed E-state index contributed by atoms with van der Waals surface area (Å²) in [6.45, 7) is 5.30. The highest BCUT2D eigenvalue weighted by atomic mass is 35.5. The van der Waals surface area contributed by atoms with Gasteiger partial charge in [-0.15, -0.1) is 0 Å². The Kier molecular flexibility index (Phi) is 6.24. The molecule has 0 radical (unpaired) electrons. The van der Waals surface area contributed by atoms with Gasteiger partial charge in [0, 0.05) is 5.02 Å². The summed E-state index contributed by atoms with van der Waals surface area (Å²) in [5.41, 5.74) is 4.87. The number of rotatable bonds is 6. The van der Waals surface area contributed by atoms with E-state index in [0.717, 1.165) is 34.5 Å². The summed E-state index contributed by atoms with van der Waals surface area (Å²) in [5, 5.41) is 3.38. The summed E-state index contributed by atoms with van der Waals surface area (Å²) < 4.78 is 26.2. The number of aryl methyl sites for hydroxylation is 3. The van der Waals surface area contributed by atoms with Gasteiger partial charge in [-0.05, 0) is 74.4 Å². The minimum atomic E-state index is -3.70. The molecular formula is C22H27ClN2O3S. The minimum Gasteiger partial charge on any atom is -0.348 e. The van der Waals surface area contributed by atoms with Crippen LogP contribution in [-0.4, -0.2) is 26.6 Å². The van der Waals surface area contributed by atoms with Crippen LogP contribution in [0.3, 0.4) is 0 Å². The Morgan fingerprint density at radius 2 is 1.79 bits per heavy atom. The molecule has 0 bridgehead atoms. The number of hydrogen-bond donors (Lipinski definition) is 1. The fourth-order valence-corrected chi connectivity index (χ4v) is 5.27. The molecule has 2 aromatic carbocycles. The van der Waals surface area contributed by atoms with Crippen LogP contribution in [0.1, 0.15) is 48.6 Å². The summed E-state index contributed by atoms with van der Waals surface area (Å²) in [6, 6.07) is 10.2. The molecule has 0 heterocycles. The molecule has 156 valence electrons. The molecule has 5 nitrogen and oxygen atoms in total. The Labute approximate surface area is 178 Å². The average molecular weight is 435 g/mol. The predicted octanol–water partition coefficient (Wildman–Crippen LogP) is 4.17. The van der Waals surface area contributed by atoms with Crippen LogP contribution in [0.5, 0.6) is 0 Å². The molecule has 0 spiro atoms. The number of benzene rings is 2. The highest BCUT2D eigenvalue weighted by Crippen LogP contribution is 2.29. The molecule has 0 aromatic heterocycles. The van der Waals surface area contributed by atoms with E-state index < -0.39 is 16.1 Å². The molecule has 0 fully saturated rings. The number of hydrogen-bond acceptors (Lipinski definition) is 3. The van der Waals surface area contributed by atoms with Gasteiger partial charge in [-0.25, -0.2) is 8.42 Å². The number of fused-ring (bicyclic) bond motifs is 1. The Balaban J connectivity index is 1.83. The number of halogens is 1. The maximum absolute atomic E-state index is 13.0. The molecule has 7 heteroatoms. The minimum absolute atomic E-state index is 0.224. The highest BCUT2D eigenvalue weighted by molar-refractivity contribution is 7.92. The van der Waals surface area contributed by atoms with Crippen molar-refractivity contribution < 1.29 is 13.2 Å². The van der Waals surface area contributed by atoms with Crippen LogP contribution in [0.25, 0.3) is 0 Å². The van der Waals surface area contributed by atoms with Gasteiger partial charge < -0.3 is 5.32 Å². The van der Waals surface area contributed by atoms with E-state index in [4.69, 9.17) is 11.6 Å². The zero-order valence-corrected chi connectivity index (χ0v) is 18.8. The number of anilines is 1. The first-order chi connectivity index (χ1) is 13.6. The van der Waals surface area contributed by atoms with Gasteiger partial charge in [-0.2, -0.15) is 0 Å².